The van der Waals surface area contributed by atoms with E-state index in [2.05, 4.69) is 4.72 Å². The maximum atomic E-state index is 13.5. The van der Waals surface area contributed by atoms with Gasteiger partial charge in [-0.2, -0.15) is 0 Å². The number of benzene rings is 3. The average Bonchev–Trinajstić information content (AvgIpc) is 3.23. The monoisotopic (exact) mass is 456 g/mol. The number of hydrogen-bond donors (Lipinski definition) is 1. The molecule has 3 aromatic carbocycles. The summed E-state index contributed by atoms with van der Waals surface area (Å²) in [5.41, 5.74) is 1.30. The summed E-state index contributed by atoms with van der Waals surface area (Å²) in [6.07, 6.45) is 2.16. The Morgan fingerprint density at radius 1 is 0.969 bits per heavy atom. The predicted octanol–water partition coefficient (Wildman–Crippen LogP) is 4.61. The first-order valence-corrected chi connectivity index (χ1v) is 11.7. The van der Waals surface area contributed by atoms with Crippen LogP contribution in [0.1, 0.15) is 28.8 Å². The van der Waals surface area contributed by atoms with E-state index in [4.69, 9.17) is 0 Å². The van der Waals surface area contributed by atoms with Crippen molar-refractivity contribution in [1.29, 1.82) is 0 Å². The minimum Gasteiger partial charge on any atom is -0.335 e. The van der Waals surface area contributed by atoms with Gasteiger partial charge in [-0.15, -0.1) is 0 Å². The number of sulfonamides is 1. The van der Waals surface area contributed by atoms with Crippen LogP contribution in [0.15, 0.2) is 77.7 Å². The summed E-state index contributed by atoms with van der Waals surface area (Å²) in [5.74, 6) is -1.05. The molecule has 5 nitrogen and oxygen atoms in total. The van der Waals surface area contributed by atoms with Gasteiger partial charge in [0.2, 0.25) is 0 Å². The van der Waals surface area contributed by atoms with E-state index in [0.29, 0.717) is 13.0 Å². The molecule has 1 amide bonds. The van der Waals surface area contributed by atoms with Gasteiger partial charge in [0.05, 0.1) is 4.90 Å². The highest BCUT2D eigenvalue weighted by atomic mass is 32.2. The Bertz CT molecular complexity index is 1230. The lowest BCUT2D eigenvalue weighted by Gasteiger charge is -2.25. The third kappa shape index (κ3) is 4.96. The smallest absolute Gasteiger partial charge is 0.261 e. The first-order valence-electron chi connectivity index (χ1n) is 10.3. The van der Waals surface area contributed by atoms with Gasteiger partial charge in [-0.3, -0.25) is 9.52 Å². The molecule has 1 heterocycles. The molecule has 0 aromatic heterocycles. The van der Waals surface area contributed by atoms with Crippen molar-refractivity contribution < 1.29 is 22.0 Å². The van der Waals surface area contributed by atoms with Gasteiger partial charge in [-0.05, 0) is 79.4 Å². The molecule has 1 atom stereocenters. The summed E-state index contributed by atoms with van der Waals surface area (Å²) >= 11 is 0. The number of halogens is 2. The molecule has 1 aliphatic rings. The van der Waals surface area contributed by atoms with E-state index in [1.165, 1.54) is 42.5 Å². The summed E-state index contributed by atoms with van der Waals surface area (Å²) in [6.45, 7) is 0.559. The molecule has 4 rings (SSSR count). The van der Waals surface area contributed by atoms with Crippen LogP contribution < -0.4 is 4.72 Å². The van der Waals surface area contributed by atoms with Crippen molar-refractivity contribution in [1.82, 2.24) is 4.90 Å². The van der Waals surface area contributed by atoms with E-state index in [1.807, 2.05) is 6.07 Å². The molecule has 166 valence electrons. The Balaban J connectivity index is 1.53. The van der Waals surface area contributed by atoms with Crippen LogP contribution in [0.2, 0.25) is 0 Å². The van der Waals surface area contributed by atoms with E-state index in [0.717, 1.165) is 30.5 Å². The number of rotatable bonds is 6. The molecule has 0 saturated carbocycles. The summed E-state index contributed by atoms with van der Waals surface area (Å²) in [6, 6.07) is 17.0. The van der Waals surface area contributed by atoms with Crippen molar-refractivity contribution >= 4 is 21.6 Å². The molecule has 32 heavy (non-hydrogen) atoms. The normalized spacial score (nSPS) is 16.2. The second-order valence-corrected chi connectivity index (χ2v) is 9.45. The zero-order valence-electron chi connectivity index (χ0n) is 17.2. The van der Waals surface area contributed by atoms with E-state index >= 15 is 0 Å². The highest BCUT2D eigenvalue weighted by Crippen LogP contribution is 2.25. The number of anilines is 1. The van der Waals surface area contributed by atoms with Crippen LogP contribution >= 0.6 is 0 Å². The van der Waals surface area contributed by atoms with Gasteiger partial charge in [0, 0.05) is 23.8 Å². The van der Waals surface area contributed by atoms with E-state index in [1.54, 1.807) is 17.0 Å². The molecule has 0 bridgehead atoms. The second kappa shape index (κ2) is 9.08. The predicted molar refractivity (Wildman–Crippen MR) is 118 cm³/mol. The molecule has 3 aromatic rings. The van der Waals surface area contributed by atoms with E-state index < -0.39 is 15.8 Å². The minimum atomic E-state index is -3.96. The molecule has 1 aliphatic heterocycles. The van der Waals surface area contributed by atoms with Crippen molar-refractivity contribution in [3.63, 3.8) is 0 Å². The van der Waals surface area contributed by atoms with Gasteiger partial charge in [-0.25, -0.2) is 17.2 Å². The van der Waals surface area contributed by atoms with Gasteiger partial charge in [-0.1, -0.05) is 18.2 Å². The molecule has 1 fully saturated rings. The molecular formula is C24H22F2N2O3S. The van der Waals surface area contributed by atoms with Crippen molar-refractivity contribution in [2.24, 2.45) is 0 Å². The van der Waals surface area contributed by atoms with E-state index in [9.17, 15) is 22.0 Å². The molecule has 0 radical (unpaired) electrons. The number of carbonyl (C=O) groups excluding carboxylic acids is 1. The number of nitrogens with zero attached hydrogens (tertiary/aromatic N) is 1. The Kier molecular flexibility index (Phi) is 6.23. The van der Waals surface area contributed by atoms with Crippen molar-refractivity contribution in [2.45, 2.75) is 30.2 Å². The number of likely N-dealkylation sites (tertiary alicyclic amines) is 1. The fraction of sp³-hybridized carbons (Fsp3) is 0.208. The van der Waals surface area contributed by atoms with Crippen molar-refractivity contribution in [2.75, 3.05) is 11.3 Å². The van der Waals surface area contributed by atoms with Gasteiger partial charge < -0.3 is 4.90 Å². The Morgan fingerprint density at radius 3 is 2.47 bits per heavy atom. The Hall–Kier alpha value is -3.26. The fourth-order valence-electron chi connectivity index (χ4n) is 3.95. The maximum Gasteiger partial charge on any atom is 0.261 e. The van der Waals surface area contributed by atoms with Crippen LogP contribution in [0.25, 0.3) is 0 Å². The van der Waals surface area contributed by atoms with Crippen LogP contribution in [0.5, 0.6) is 0 Å². The zero-order chi connectivity index (χ0) is 22.7. The number of nitrogens with one attached hydrogen (secondary N) is 1. The quantitative estimate of drug-likeness (QED) is 0.589. The summed E-state index contributed by atoms with van der Waals surface area (Å²) in [5, 5.41) is 0. The highest BCUT2D eigenvalue weighted by Gasteiger charge is 2.30. The lowest BCUT2D eigenvalue weighted by atomic mass is 10.0. The van der Waals surface area contributed by atoms with Crippen LogP contribution in [-0.4, -0.2) is 31.8 Å². The van der Waals surface area contributed by atoms with Gasteiger partial charge in [0.15, 0.2) is 0 Å². The van der Waals surface area contributed by atoms with Gasteiger partial charge in [0.25, 0.3) is 15.9 Å². The number of hydrogen-bond acceptors (Lipinski definition) is 3. The third-order valence-corrected chi connectivity index (χ3v) is 6.87. The van der Waals surface area contributed by atoms with Crippen LogP contribution in [-0.2, 0) is 16.4 Å². The topological polar surface area (TPSA) is 66.5 Å². The molecule has 8 heteroatoms. The Morgan fingerprint density at radius 2 is 1.72 bits per heavy atom. The van der Waals surface area contributed by atoms with Gasteiger partial charge >= 0.3 is 0 Å². The summed E-state index contributed by atoms with van der Waals surface area (Å²) in [7, 11) is -3.96. The number of carbonyl (C=O) groups is 1. The van der Waals surface area contributed by atoms with Crippen molar-refractivity contribution in [3.05, 3.63) is 95.6 Å². The SMILES string of the molecule is O=C(c1cccc(S(=O)(=O)Nc2ccc(F)cc2)c1)N1CCCC1Cc1cccc(F)c1. The molecule has 0 aliphatic carbocycles. The highest BCUT2D eigenvalue weighted by molar-refractivity contribution is 7.92. The fourth-order valence-corrected chi connectivity index (χ4v) is 5.05. The third-order valence-electron chi connectivity index (χ3n) is 5.49. The first kappa shape index (κ1) is 22.0. The second-order valence-electron chi connectivity index (χ2n) is 7.77. The molecule has 1 N–H and O–H groups in total. The Labute approximate surface area is 185 Å². The lowest BCUT2D eigenvalue weighted by molar-refractivity contribution is 0.0736. The van der Waals surface area contributed by atoms with Crippen LogP contribution in [0.3, 0.4) is 0 Å². The molecule has 1 saturated heterocycles. The maximum absolute atomic E-state index is 13.5. The molecule has 0 spiro atoms. The van der Waals surface area contributed by atoms with Crippen LogP contribution in [0.4, 0.5) is 14.5 Å². The van der Waals surface area contributed by atoms with Crippen molar-refractivity contribution in [3.8, 4) is 0 Å². The minimum absolute atomic E-state index is 0.0615. The summed E-state index contributed by atoms with van der Waals surface area (Å²) in [4.78, 5) is 14.8. The molecular weight excluding hydrogens is 434 g/mol. The van der Waals surface area contributed by atoms with Crippen LogP contribution in [0, 0.1) is 11.6 Å². The number of amides is 1. The zero-order valence-corrected chi connectivity index (χ0v) is 18.0. The lowest BCUT2D eigenvalue weighted by Crippen LogP contribution is -2.36. The largest absolute Gasteiger partial charge is 0.335 e. The standard InChI is InChI=1S/C24H22F2N2O3S/c25-19-9-11-21(12-10-19)27-32(30,31)23-8-2-5-18(16-23)24(29)28-13-3-7-22(28)15-17-4-1-6-20(26)14-17/h1-2,4-6,8-12,14,16,22,27H,3,7,13,15H2. The van der Waals surface area contributed by atoms with E-state index in [-0.39, 0.29) is 33.9 Å². The molecule has 1 unspecified atom stereocenters. The first-order chi connectivity index (χ1) is 15.3. The average molecular weight is 457 g/mol. The summed E-state index contributed by atoms with van der Waals surface area (Å²) < 4.78 is 54.5. The van der Waals surface area contributed by atoms with Gasteiger partial charge in [0.1, 0.15) is 11.6 Å².